The quantitative estimate of drug-likeness (QED) is 0.0599. The summed E-state index contributed by atoms with van der Waals surface area (Å²) < 4.78 is 35.6. The fourth-order valence-corrected chi connectivity index (χ4v) is 10.7. The summed E-state index contributed by atoms with van der Waals surface area (Å²) in [6, 6.07) is -2.17. The average Bonchev–Trinajstić information content (AvgIpc) is 3.63. The molecule has 18 nitrogen and oxygen atoms in total. The zero-order valence-corrected chi connectivity index (χ0v) is 38.8. The summed E-state index contributed by atoms with van der Waals surface area (Å²) in [6.45, 7) is 17.2. The molecular weight excluding hydrogens is 879 g/mol. The topological polar surface area (TPSA) is 258 Å². The lowest BCUT2D eigenvalue weighted by molar-refractivity contribution is -0.296. The molecule has 3 aliphatic heterocycles. The van der Waals surface area contributed by atoms with E-state index in [4.69, 9.17) is 57.4 Å². The summed E-state index contributed by atoms with van der Waals surface area (Å²) in [5.74, 6) is -5.95. The van der Waals surface area contributed by atoms with Gasteiger partial charge in [-0.1, -0.05) is 68.3 Å². The number of allylic oxidation sites excluding steroid dienone is 3. The highest BCUT2D eigenvalue weighted by Gasteiger charge is 2.59. The van der Waals surface area contributed by atoms with Crippen LogP contribution in [-0.4, -0.2) is 135 Å². The lowest BCUT2D eigenvalue weighted by atomic mass is 9.61. The van der Waals surface area contributed by atoms with Crippen molar-refractivity contribution < 1.29 is 67.7 Å². The van der Waals surface area contributed by atoms with Gasteiger partial charge in [0.2, 0.25) is 0 Å². The number of aromatic nitrogens is 1. The zero-order valence-electron chi connectivity index (χ0n) is 37.3. The summed E-state index contributed by atoms with van der Waals surface area (Å²) in [6.07, 6.45) is -6.73. The van der Waals surface area contributed by atoms with Crippen molar-refractivity contribution in [3.8, 4) is 0 Å². The van der Waals surface area contributed by atoms with E-state index in [0.717, 1.165) is 12.5 Å². The number of Topliss-reactive ketones (excluding diaryl/α,β-unsaturated/α-hetero) is 1. The van der Waals surface area contributed by atoms with Gasteiger partial charge in [0.05, 0.1) is 34.4 Å². The molecule has 16 unspecified atom stereocenters. The van der Waals surface area contributed by atoms with E-state index in [9.17, 15) is 39.3 Å². The van der Waals surface area contributed by atoms with Gasteiger partial charge in [-0.3, -0.25) is 24.1 Å². The molecule has 0 aromatic carbocycles. The van der Waals surface area contributed by atoms with Gasteiger partial charge in [0, 0.05) is 38.0 Å². The second-order valence-electron chi connectivity index (χ2n) is 18.0. The number of aliphatic hydroxyl groups excluding tert-OH is 2. The number of ketones is 1. The van der Waals surface area contributed by atoms with Crippen molar-refractivity contribution >= 4 is 52.9 Å². The standard InChI is InChI=1S/C44H60Cl2N4O14/c1-16(2)33-35(53)29(41(56)50(33)42-38(59-10)37(62-23(9)51)36(20(6)61-42)64-43(47)57)34(52)28-18(4)11-13-24-25(14-12-17(3)27(24)28)63-26-15-44(58,39(54)21(7)60-26)22(8)49-40(55)32-31(46)30(45)19(5)48-32/h11,13,16,18,20-22,24-28,33,36-39,42,48,52,54,58H,3,12,14-15H2,1-2,4-10H3,(H2,47,57)(H,49,55)/b34-29-. The van der Waals surface area contributed by atoms with E-state index in [1.54, 1.807) is 34.6 Å². The molecule has 2 aliphatic carbocycles. The predicted molar refractivity (Wildman–Crippen MR) is 230 cm³/mol. The number of aryl methyl sites for hydroxylation is 1. The second-order valence-corrected chi connectivity index (χ2v) is 18.8. The van der Waals surface area contributed by atoms with Crippen molar-refractivity contribution in [2.75, 3.05) is 7.11 Å². The predicted octanol–water partition coefficient (Wildman–Crippen LogP) is 4.17. The van der Waals surface area contributed by atoms with E-state index in [-0.39, 0.29) is 22.2 Å². The number of aromatic amines is 1. The number of methoxy groups -OCH3 is 1. The second kappa shape index (κ2) is 19.1. The first-order chi connectivity index (χ1) is 29.9. The number of likely N-dealkylation sites (tertiary alicyclic amines) is 1. The van der Waals surface area contributed by atoms with E-state index in [2.05, 4.69) is 16.9 Å². The number of aliphatic hydroxyl groups is 3. The summed E-state index contributed by atoms with van der Waals surface area (Å²) >= 11 is 12.5. The van der Waals surface area contributed by atoms with E-state index < -0.39 is 144 Å². The molecule has 4 heterocycles. The lowest BCUT2D eigenvalue weighted by Gasteiger charge is -2.50. The first-order valence-electron chi connectivity index (χ1n) is 21.5. The molecule has 64 heavy (non-hydrogen) atoms. The number of nitrogens with two attached hydrogens (primary N) is 1. The van der Waals surface area contributed by atoms with E-state index in [0.29, 0.717) is 18.5 Å². The molecule has 1 aromatic heterocycles. The van der Waals surface area contributed by atoms with Crippen molar-refractivity contribution in [2.45, 2.75) is 148 Å². The minimum absolute atomic E-state index is 0.00400. The Morgan fingerprint density at radius 3 is 2.30 bits per heavy atom. The van der Waals surface area contributed by atoms with Crippen LogP contribution in [0.4, 0.5) is 4.79 Å². The van der Waals surface area contributed by atoms with E-state index in [1.165, 1.54) is 18.9 Å². The molecule has 0 spiro atoms. The maximum Gasteiger partial charge on any atom is 0.405 e. The molecule has 4 fully saturated rings. The van der Waals surface area contributed by atoms with Gasteiger partial charge >= 0.3 is 12.1 Å². The van der Waals surface area contributed by atoms with Gasteiger partial charge in [0.15, 0.2) is 30.5 Å². The third-order valence-corrected chi connectivity index (χ3v) is 14.4. The number of hydrogen-bond acceptors (Lipinski definition) is 14. The normalized spacial score (nSPS) is 37.9. The van der Waals surface area contributed by atoms with Gasteiger partial charge in [0.25, 0.3) is 11.8 Å². The Hall–Kier alpha value is -4.01. The van der Waals surface area contributed by atoms with Crippen LogP contribution in [0.1, 0.15) is 83.9 Å². The van der Waals surface area contributed by atoms with Crippen LogP contribution in [0.2, 0.25) is 10.0 Å². The van der Waals surface area contributed by atoms with Crippen LogP contribution in [0.3, 0.4) is 0 Å². The Labute approximate surface area is 381 Å². The molecule has 3 amide bonds. The number of fused-ring (bicyclic) bond motifs is 1. The smallest absolute Gasteiger partial charge is 0.405 e. The number of primary amides is 1. The number of rotatable bonds is 11. The molecule has 1 saturated carbocycles. The molecule has 20 heteroatoms. The Balaban J connectivity index is 1.27. The maximum atomic E-state index is 14.8. The molecule has 7 N–H and O–H groups in total. The molecule has 0 bridgehead atoms. The van der Waals surface area contributed by atoms with Crippen LogP contribution in [0.15, 0.2) is 35.6 Å². The molecule has 3 saturated heterocycles. The van der Waals surface area contributed by atoms with E-state index in [1.807, 2.05) is 19.1 Å². The molecule has 5 aliphatic rings. The Morgan fingerprint density at radius 1 is 1.05 bits per heavy atom. The number of halogens is 2. The summed E-state index contributed by atoms with van der Waals surface area (Å²) in [5, 5.41) is 38.6. The SMILES string of the molecule is C=C1CCC(OC2CC(O)(C(C)NC(=O)c3[nH]c(C)c(Cl)c3Cl)C(O)C(C)O2)C2C=CC(C)C(/C(O)=C3\C(=O)C(C(C)C)N(C4OC(C)C(OC(N)=O)C(OC(C)=O)C4OC)C3=O)C12. The van der Waals surface area contributed by atoms with Crippen molar-refractivity contribution in [1.82, 2.24) is 15.2 Å². The van der Waals surface area contributed by atoms with Gasteiger partial charge in [0.1, 0.15) is 40.9 Å². The summed E-state index contributed by atoms with van der Waals surface area (Å²) in [4.78, 5) is 70.8. The third kappa shape index (κ3) is 8.96. The van der Waals surface area contributed by atoms with Gasteiger partial charge < -0.3 is 59.8 Å². The number of nitrogens with zero attached hydrogens (tertiary/aromatic N) is 1. The first-order valence-corrected chi connectivity index (χ1v) is 22.2. The van der Waals surface area contributed by atoms with Crippen LogP contribution in [-0.2, 0) is 42.8 Å². The van der Waals surface area contributed by atoms with Crippen molar-refractivity contribution in [3.63, 3.8) is 0 Å². The number of nitrogens with one attached hydrogen (secondary N) is 2. The average molecular weight is 940 g/mol. The van der Waals surface area contributed by atoms with Crippen molar-refractivity contribution in [3.05, 3.63) is 57.1 Å². The van der Waals surface area contributed by atoms with Gasteiger partial charge in [-0.2, -0.15) is 0 Å². The molecule has 1 aromatic rings. The monoisotopic (exact) mass is 938 g/mol. The highest BCUT2D eigenvalue weighted by atomic mass is 35.5. The maximum absolute atomic E-state index is 14.8. The number of carbonyl (C=O) groups excluding carboxylic acids is 5. The highest BCUT2D eigenvalue weighted by molar-refractivity contribution is 6.44. The molecule has 16 atom stereocenters. The number of amides is 3. The number of ether oxygens (including phenoxy) is 6. The number of esters is 1. The third-order valence-electron chi connectivity index (χ3n) is 13.5. The fraction of sp³-hybridized carbons (Fsp3) is 0.659. The minimum atomic E-state index is -1.92. The molecular formula is C44H60Cl2N4O14. The van der Waals surface area contributed by atoms with Crippen LogP contribution in [0, 0.1) is 36.5 Å². The number of carbonyl (C=O) groups is 5. The van der Waals surface area contributed by atoms with Gasteiger partial charge in [-0.25, -0.2) is 4.79 Å². The minimum Gasteiger partial charge on any atom is -0.511 e. The zero-order chi connectivity index (χ0) is 47.4. The number of hydrogen-bond donors (Lipinski definition) is 6. The Morgan fingerprint density at radius 2 is 1.72 bits per heavy atom. The molecule has 6 rings (SSSR count). The van der Waals surface area contributed by atoms with Crippen LogP contribution in [0.25, 0.3) is 0 Å². The van der Waals surface area contributed by atoms with E-state index >= 15 is 0 Å². The van der Waals surface area contributed by atoms with Crippen molar-refractivity contribution in [1.29, 1.82) is 0 Å². The first kappa shape index (κ1) is 49.4. The number of H-pyrrole nitrogens is 1. The van der Waals surface area contributed by atoms with Crippen LogP contribution < -0.4 is 11.1 Å². The lowest BCUT2D eigenvalue weighted by Crippen LogP contribution is -2.66. The summed E-state index contributed by atoms with van der Waals surface area (Å²) in [5.41, 5.74) is 4.24. The Kier molecular flexibility index (Phi) is 14.7. The van der Waals surface area contributed by atoms with Crippen LogP contribution in [0.5, 0.6) is 0 Å². The van der Waals surface area contributed by atoms with Crippen molar-refractivity contribution in [2.24, 2.45) is 35.3 Å². The molecule has 354 valence electrons. The highest BCUT2D eigenvalue weighted by Crippen LogP contribution is 2.51. The summed E-state index contributed by atoms with van der Waals surface area (Å²) in [7, 11) is 1.29. The van der Waals surface area contributed by atoms with Gasteiger partial charge in [-0.15, -0.1) is 0 Å². The molecule has 0 radical (unpaired) electrons. The fourth-order valence-electron chi connectivity index (χ4n) is 10.3. The largest absolute Gasteiger partial charge is 0.511 e. The van der Waals surface area contributed by atoms with Gasteiger partial charge in [-0.05, 0) is 58.3 Å². The van der Waals surface area contributed by atoms with Crippen LogP contribution >= 0.6 is 23.2 Å². The Bertz CT molecular complexity index is 2090.